The fourth-order valence-electron chi connectivity index (χ4n) is 2.83. The van der Waals surface area contributed by atoms with Gasteiger partial charge in [-0.3, -0.25) is 0 Å². The van der Waals surface area contributed by atoms with Crippen LogP contribution in [0.15, 0.2) is 66.7 Å². The van der Waals surface area contributed by atoms with E-state index in [9.17, 15) is 10.1 Å². The number of carbonyl (C=O) groups excluding carboxylic acids is 1. The molecular weight excluding hydrogens is 398 g/mol. The molecule has 150 valence electrons. The van der Waals surface area contributed by atoms with E-state index in [4.69, 9.17) is 21.1 Å². The molecule has 0 atom stereocenters. The molecule has 3 aromatic carbocycles. The average Bonchev–Trinajstić information content (AvgIpc) is 2.73. The van der Waals surface area contributed by atoms with Crippen molar-refractivity contribution in [2.75, 3.05) is 6.61 Å². The molecule has 0 radical (unpaired) electrons. The van der Waals surface area contributed by atoms with Crippen LogP contribution in [0, 0.1) is 25.2 Å². The lowest BCUT2D eigenvalue weighted by Gasteiger charge is -2.10. The van der Waals surface area contributed by atoms with E-state index in [1.54, 1.807) is 42.5 Å². The Morgan fingerprint density at radius 1 is 1.07 bits per heavy atom. The van der Waals surface area contributed by atoms with Crippen LogP contribution < -0.4 is 9.47 Å². The summed E-state index contributed by atoms with van der Waals surface area (Å²) < 4.78 is 11.0. The molecule has 0 aliphatic rings. The highest BCUT2D eigenvalue weighted by atomic mass is 35.5. The number of carbonyl (C=O) groups is 1. The molecule has 0 aliphatic heterocycles. The van der Waals surface area contributed by atoms with Crippen LogP contribution in [0.1, 0.15) is 22.3 Å². The third-order valence-electron chi connectivity index (χ3n) is 4.35. The Morgan fingerprint density at radius 2 is 1.87 bits per heavy atom. The lowest BCUT2D eigenvalue weighted by molar-refractivity contribution is -0.136. The number of esters is 1. The minimum absolute atomic E-state index is 0.198. The molecule has 0 fully saturated rings. The average molecular weight is 418 g/mol. The number of benzene rings is 3. The van der Waals surface area contributed by atoms with Crippen LogP contribution >= 0.6 is 11.6 Å². The number of ether oxygens (including phenoxy) is 2. The van der Waals surface area contributed by atoms with Crippen LogP contribution in [0.4, 0.5) is 0 Å². The lowest BCUT2D eigenvalue weighted by Crippen LogP contribution is -2.18. The second-order valence-corrected chi connectivity index (χ2v) is 7.22. The van der Waals surface area contributed by atoms with Crippen LogP contribution in [-0.4, -0.2) is 12.6 Å². The summed E-state index contributed by atoms with van der Waals surface area (Å²) in [7, 11) is 0. The van der Waals surface area contributed by atoms with Crippen molar-refractivity contribution in [3.05, 3.63) is 94.0 Å². The van der Waals surface area contributed by atoms with E-state index in [0.29, 0.717) is 27.7 Å². The molecule has 0 bridgehead atoms. The maximum absolute atomic E-state index is 12.2. The molecule has 0 saturated heterocycles. The van der Waals surface area contributed by atoms with Gasteiger partial charge in [0.1, 0.15) is 11.5 Å². The van der Waals surface area contributed by atoms with Crippen molar-refractivity contribution >= 4 is 29.2 Å². The SMILES string of the molecule is Cc1ccc(C)c(OCC(=O)Oc2cccc(/C=C(/C#N)c3cccc(Cl)c3)c2)c1. The van der Waals surface area contributed by atoms with Crippen molar-refractivity contribution in [2.24, 2.45) is 0 Å². The minimum atomic E-state index is -0.507. The molecule has 0 aliphatic carbocycles. The van der Waals surface area contributed by atoms with Gasteiger partial charge in [0.15, 0.2) is 6.61 Å². The van der Waals surface area contributed by atoms with Crippen molar-refractivity contribution < 1.29 is 14.3 Å². The third-order valence-corrected chi connectivity index (χ3v) is 4.58. The first-order valence-electron chi connectivity index (χ1n) is 9.33. The summed E-state index contributed by atoms with van der Waals surface area (Å²) in [5.74, 6) is 0.526. The maximum atomic E-state index is 12.2. The number of hydrogen-bond donors (Lipinski definition) is 0. The van der Waals surface area contributed by atoms with Gasteiger partial charge in [-0.05, 0) is 72.5 Å². The number of rotatable bonds is 6. The maximum Gasteiger partial charge on any atom is 0.349 e. The van der Waals surface area contributed by atoms with Gasteiger partial charge in [0.05, 0.1) is 11.6 Å². The van der Waals surface area contributed by atoms with Crippen molar-refractivity contribution in [3.8, 4) is 17.6 Å². The van der Waals surface area contributed by atoms with Gasteiger partial charge in [0, 0.05) is 5.02 Å². The van der Waals surface area contributed by atoms with Gasteiger partial charge < -0.3 is 9.47 Å². The van der Waals surface area contributed by atoms with Gasteiger partial charge in [-0.1, -0.05) is 48.0 Å². The third kappa shape index (κ3) is 5.73. The Bertz CT molecular complexity index is 1150. The molecule has 30 heavy (non-hydrogen) atoms. The highest BCUT2D eigenvalue weighted by Gasteiger charge is 2.09. The monoisotopic (exact) mass is 417 g/mol. The molecule has 0 aromatic heterocycles. The summed E-state index contributed by atoms with van der Waals surface area (Å²) in [6.07, 6.45) is 1.72. The standard InChI is InChI=1S/C25H20ClNO3/c1-17-9-10-18(2)24(11-17)29-16-25(28)30-23-8-3-5-19(13-23)12-21(15-27)20-6-4-7-22(26)14-20/h3-14H,16H2,1-2H3/b21-12-. The molecule has 3 rings (SSSR count). The van der Waals surface area contributed by atoms with E-state index in [1.165, 1.54) is 0 Å². The molecule has 3 aromatic rings. The number of halogens is 1. The lowest BCUT2D eigenvalue weighted by atomic mass is 10.0. The van der Waals surface area contributed by atoms with Gasteiger partial charge in [0.2, 0.25) is 0 Å². The van der Waals surface area contributed by atoms with Gasteiger partial charge in [0.25, 0.3) is 0 Å². The number of allylic oxidation sites excluding steroid dienone is 1. The van der Waals surface area contributed by atoms with Gasteiger partial charge >= 0.3 is 5.97 Å². The highest BCUT2D eigenvalue weighted by molar-refractivity contribution is 6.30. The Morgan fingerprint density at radius 3 is 2.63 bits per heavy atom. The zero-order valence-corrected chi connectivity index (χ0v) is 17.4. The van der Waals surface area contributed by atoms with E-state index in [-0.39, 0.29) is 6.61 Å². The topological polar surface area (TPSA) is 59.3 Å². The van der Waals surface area contributed by atoms with Gasteiger partial charge in [-0.25, -0.2) is 4.79 Å². The van der Waals surface area contributed by atoms with Crippen molar-refractivity contribution in [3.63, 3.8) is 0 Å². The summed E-state index contributed by atoms with van der Waals surface area (Å²) in [5, 5.41) is 10.1. The number of aryl methyl sites for hydroxylation is 2. The number of nitriles is 1. The van der Waals surface area contributed by atoms with Gasteiger partial charge in [-0.15, -0.1) is 0 Å². The largest absolute Gasteiger partial charge is 0.482 e. The fourth-order valence-corrected chi connectivity index (χ4v) is 3.02. The zero-order chi connectivity index (χ0) is 21.5. The van der Waals surface area contributed by atoms with Crippen molar-refractivity contribution in [2.45, 2.75) is 13.8 Å². The molecule has 0 N–H and O–H groups in total. The Hall–Kier alpha value is -3.55. The van der Waals surface area contributed by atoms with Crippen molar-refractivity contribution in [1.29, 1.82) is 5.26 Å². The summed E-state index contributed by atoms with van der Waals surface area (Å²) in [5.41, 5.74) is 3.91. The summed E-state index contributed by atoms with van der Waals surface area (Å²) in [4.78, 5) is 12.2. The Labute approximate surface area is 180 Å². The molecule has 5 heteroatoms. The summed E-state index contributed by atoms with van der Waals surface area (Å²) in [6, 6.07) is 22.0. The normalized spacial score (nSPS) is 10.9. The molecular formula is C25H20ClNO3. The Kier molecular flexibility index (Phi) is 6.90. The summed E-state index contributed by atoms with van der Waals surface area (Å²) in [6.45, 7) is 3.68. The zero-order valence-electron chi connectivity index (χ0n) is 16.7. The first kappa shape index (κ1) is 21.2. The molecule has 0 saturated carbocycles. The van der Waals surface area contributed by atoms with E-state index >= 15 is 0 Å². The predicted octanol–water partition coefficient (Wildman–Crippen LogP) is 6.01. The minimum Gasteiger partial charge on any atom is -0.482 e. The van der Waals surface area contributed by atoms with Crippen LogP contribution in [0.5, 0.6) is 11.5 Å². The molecule has 0 heterocycles. The summed E-state index contributed by atoms with van der Waals surface area (Å²) >= 11 is 6.02. The van der Waals surface area contributed by atoms with Crippen LogP contribution in [-0.2, 0) is 4.79 Å². The van der Waals surface area contributed by atoms with E-state index in [2.05, 4.69) is 6.07 Å². The first-order valence-corrected chi connectivity index (χ1v) is 9.71. The van der Waals surface area contributed by atoms with Crippen molar-refractivity contribution in [1.82, 2.24) is 0 Å². The predicted molar refractivity (Wildman–Crippen MR) is 118 cm³/mol. The number of hydrogen-bond acceptors (Lipinski definition) is 4. The highest BCUT2D eigenvalue weighted by Crippen LogP contribution is 2.23. The first-order chi connectivity index (χ1) is 14.4. The molecule has 0 spiro atoms. The van der Waals surface area contributed by atoms with Gasteiger partial charge in [-0.2, -0.15) is 5.26 Å². The second kappa shape index (κ2) is 9.78. The molecule has 4 nitrogen and oxygen atoms in total. The molecule has 0 amide bonds. The smallest absolute Gasteiger partial charge is 0.349 e. The van der Waals surface area contributed by atoms with Crippen LogP contribution in [0.2, 0.25) is 5.02 Å². The fraction of sp³-hybridized carbons (Fsp3) is 0.120. The van der Waals surface area contributed by atoms with E-state index < -0.39 is 5.97 Å². The molecule has 0 unspecified atom stereocenters. The second-order valence-electron chi connectivity index (χ2n) is 6.78. The Balaban J connectivity index is 1.70. The van der Waals surface area contributed by atoms with Crippen LogP contribution in [0.3, 0.4) is 0 Å². The van der Waals surface area contributed by atoms with E-state index in [0.717, 1.165) is 16.7 Å². The van der Waals surface area contributed by atoms with Crippen LogP contribution in [0.25, 0.3) is 11.6 Å². The quantitative estimate of drug-likeness (QED) is 0.213. The number of nitrogens with zero attached hydrogens (tertiary/aromatic N) is 1. The van der Waals surface area contributed by atoms with E-state index in [1.807, 2.05) is 44.2 Å².